The van der Waals surface area contributed by atoms with Gasteiger partial charge in [-0.2, -0.15) is 0 Å². The zero-order valence-electron chi connectivity index (χ0n) is 17.4. The highest BCUT2D eigenvalue weighted by atomic mass is 32.2. The lowest BCUT2D eigenvalue weighted by Gasteiger charge is -2.12. The van der Waals surface area contributed by atoms with Crippen molar-refractivity contribution in [3.63, 3.8) is 0 Å². The molecular weight excluding hydrogens is 418 g/mol. The monoisotopic (exact) mass is 441 g/mol. The Morgan fingerprint density at radius 2 is 1.84 bits per heavy atom. The van der Waals surface area contributed by atoms with Crippen LogP contribution in [0.25, 0.3) is 21.9 Å². The molecule has 0 saturated heterocycles. The van der Waals surface area contributed by atoms with Crippen LogP contribution < -0.4 is 10.9 Å². The molecule has 1 aromatic carbocycles. The van der Waals surface area contributed by atoms with Gasteiger partial charge in [0, 0.05) is 33.7 Å². The maximum absolute atomic E-state index is 12.7. The summed E-state index contributed by atoms with van der Waals surface area (Å²) in [7, 11) is -3.27. The molecule has 1 atom stereocenters. The molecule has 2 aromatic heterocycles. The quantitative estimate of drug-likeness (QED) is 0.626. The van der Waals surface area contributed by atoms with Gasteiger partial charge < -0.3 is 14.2 Å². The Morgan fingerprint density at radius 1 is 1.10 bits per heavy atom. The van der Waals surface area contributed by atoms with Crippen LogP contribution >= 0.6 is 0 Å². The van der Waals surface area contributed by atoms with E-state index in [-0.39, 0.29) is 17.7 Å². The summed E-state index contributed by atoms with van der Waals surface area (Å²) < 4.78 is 34.8. The summed E-state index contributed by atoms with van der Waals surface area (Å²) in [6, 6.07) is 1.43. The number of hydrogen-bond donors (Lipinski definition) is 1. The van der Waals surface area contributed by atoms with Crippen molar-refractivity contribution in [2.45, 2.75) is 52.0 Å². The van der Waals surface area contributed by atoms with Crippen LogP contribution in [0.5, 0.6) is 0 Å². The third-order valence-electron chi connectivity index (χ3n) is 6.34. The predicted molar refractivity (Wildman–Crippen MR) is 117 cm³/mol. The highest BCUT2D eigenvalue weighted by Crippen LogP contribution is 2.37. The lowest BCUT2D eigenvalue weighted by atomic mass is 9.93. The zero-order chi connectivity index (χ0) is 21.9. The predicted octanol–water partition coefficient (Wildman–Crippen LogP) is 3.00. The number of fused-ring (bicyclic) bond motifs is 4. The number of nitrogens with one attached hydrogen (secondary N) is 1. The Labute approximate surface area is 179 Å². The normalized spacial score (nSPS) is 19.7. The van der Waals surface area contributed by atoms with E-state index in [0.29, 0.717) is 11.1 Å². The third-order valence-corrected chi connectivity index (χ3v) is 7.73. The number of sulfone groups is 1. The van der Waals surface area contributed by atoms with E-state index in [9.17, 15) is 18.0 Å². The highest BCUT2D eigenvalue weighted by molar-refractivity contribution is 7.94. The lowest BCUT2D eigenvalue weighted by molar-refractivity contribution is -0.120. The van der Waals surface area contributed by atoms with E-state index in [0.717, 1.165) is 58.8 Å². The minimum atomic E-state index is -3.27. The number of hydrogen-bond acceptors (Lipinski definition) is 6. The number of amides is 1. The van der Waals surface area contributed by atoms with Crippen LogP contribution in [0.2, 0.25) is 0 Å². The number of carbonyl (C=O) groups is 1. The summed E-state index contributed by atoms with van der Waals surface area (Å²) in [6.45, 7) is 3.71. The first-order valence-electron chi connectivity index (χ1n) is 10.4. The largest absolute Gasteiger partial charge is 0.460 e. The molecule has 8 heteroatoms. The summed E-state index contributed by atoms with van der Waals surface area (Å²) in [6.07, 6.45) is 5.39. The van der Waals surface area contributed by atoms with Gasteiger partial charge in [-0.05, 0) is 50.8 Å². The second-order valence-electron chi connectivity index (χ2n) is 8.47. The molecule has 3 heterocycles. The maximum Gasteiger partial charge on any atom is 0.340 e. The Morgan fingerprint density at radius 3 is 2.58 bits per heavy atom. The molecule has 0 fully saturated rings. The van der Waals surface area contributed by atoms with Crippen LogP contribution in [0.1, 0.15) is 40.9 Å². The molecule has 7 nitrogen and oxygen atoms in total. The van der Waals surface area contributed by atoms with Crippen molar-refractivity contribution in [2.24, 2.45) is 0 Å². The van der Waals surface area contributed by atoms with Gasteiger partial charge in [0.1, 0.15) is 16.9 Å². The van der Waals surface area contributed by atoms with Crippen LogP contribution in [0.4, 0.5) is 0 Å². The van der Waals surface area contributed by atoms with Crippen molar-refractivity contribution in [1.82, 2.24) is 5.32 Å². The van der Waals surface area contributed by atoms with Gasteiger partial charge in [0.25, 0.3) is 0 Å². The smallest absolute Gasteiger partial charge is 0.340 e. The number of carbonyl (C=O) groups excluding carboxylic acids is 1. The molecule has 0 spiro atoms. The first-order chi connectivity index (χ1) is 14.7. The van der Waals surface area contributed by atoms with Crippen LogP contribution in [-0.4, -0.2) is 26.1 Å². The molecule has 31 heavy (non-hydrogen) atoms. The van der Waals surface area contributed by atoms with E-state index in [1.165, 1.54) is 11.6 Å². The van der Waals surface area contributed by atoms with E-state index in [1.807, 2.05) is 19.9 Å². The van der Waals surface area contributed by atoms with Gasteiger partial charge in [-0.3, -0.25) is 4.79 Å². The van der Waals surface area contributed by atoms with E-state index in [1.54, 1.807) is 0 Å². The SMILES string of the molecule is Cc1c(CC(=O)N[C@H]2C=CS(=O)(=O)C2)c(=O)oc2c(C)c3oc4c(c3cc12)CCCC4. The molecule has 0 radical (unpaired) electrons. The molecule has 2 aliphatic rings. The van der Waals surface area contributed by atoms with Crippen molar-refractivity contribution in [3.8, 4) is 0 Å². The van der Waals surface area contributed by atoms with Crippen molar-refractivity contribution in [1.29, 1.82) is 0 Å². The molecule has 1 aliphatic heterocycles. The third kappa shape index (κ3) is 3.39. The number of furan rings is 1. The topological polar surface area (TPSA) is 107 Å². The molecule has 5 rings (SSSR count). The van der Waals surface area contributed by atoms with Crippen molar-refractivity contribution < 1.29 is 22.0 Å². The van der Waals surface area contributed by atoms with Gasteiger partial charge in [-0.15, -0.1) is 0 Å². The summed E-state index contributed by atoms with van der Waals surface area (Å²) in [4.78, 5) is 25.2. The summed E-state index contributed by atoms with van der Waals surface area (Å²) in [5, 5.41) is 5.61. The molecule has 162 valence electrons. The first kappa shape index (κ1) is 20.1. The molecular formula is C23H23NO6S. The van der Waals surface area contributed by atoms with Crippen LogP contribution in [0.3, 0.4) is 0 Å². The lowest BCUT2D eigenvalue weighted by Crippen LogP contribution is -2.37. The highest BCUT2D eigenvalue weighted by Gasteiger charge is 2.26. The average molecular weight is 442 g/mol. The van der Waals surface area contributed by atoms with Gasteiger partial charge in [0.2, 0.25) is 5.91 Å². The number of benzene rings is 1. The molecule has 1 N–H and O–H groups in total. The number of rotatable bonds is 3. The fourth-order valence-corrected chi connectivity index (χ4v) is 5.94. The van der Waals surface area contributed by atoms with E-state index in [2.05, 4.69) is 5.32 Å². The molecule has 0 bridgehead atoms. The Balaban J connectivity index is 1.55. The summed E-state index contributed by atoms with van der Waals surface area (Å²) in [5.74, 6) is 0.436. The first-order valence-corrected chi connectivity index (χ1v) is 12.2. The second-order valence-corrected chi connectivity index (χ2v) is 10.4. The second kappa shape index (κ2) is 7.09. The number of aryl methyl sites for hydroxylation is 4. The van der Waals surface area contributed by atoms with E-state index in [4.69, 9.17) is 8.83 Å². The van der Waals surface area contributed by atoms with Gasteiger partial charge in [0.15, 0.2) is 9.84 Å². The van der Waals surface area contributed by atoms with Crippen LogP contribution in [-0.2, 0) is 33.9 Å². The Bertz CT molecular complexity index is 1440. The van der Waals surface area contributed by atoms with Gasteiger partial charge in [-0.25, -0.2) is 13.2 Å². The molecule has 1 aliphatic carbocycles. The van der Waals surface area contributed by atoms with Gasteiger partial charge in [0.05, 0.1) is 23.8 Å². The Kier molecular flexibility index (Phi) is 4.58. The van der Waals surface area contributed by atoms with E-state index >= 15 is 0 Å². The zero-order valence-corrected chi connectivity index (χ0v) is 18.2. The van der Waals surface area contributed by atoms with Crippen molar-refractivity contribution in [3.05, 3.63) is 56.0 Å². The summed E-state index contributed by atoms with van der Waals surface area (Å²) in [5.41, 5.74) is 3.69. The van der Waals surface area contributed by atoms with Crippen LogP contribution in [0.15, 0.2) is 31.2 Å². The molecule has 3 aromatic rings. The fourth-order valence-electron chi connectivity index (χ4n) is 4.71. The molecule has 1 amide bonds. The Hall–Kier alpha value is -2.87. The summed E-state index contributed by atoms with van der Waals surface area (Å²) >= 11 is 0. The maximum atomic E-state index is 12.7. The van der Waals surface area contributed by atoms with Crippen LogP contribution in [0, 0.1) is 13.8 Å². The molecule has 0 unspecified atom stereocenters. The molecule has 0 saturated carbocycles. The van der Waals surface area contributed by atoms with Crippen molar-refractivity contribution >= 4 is 37.7 Å². The van der Waals surface area contributed by atoms with Gasteiger partial charge in [-0.1, -0.05) is 0 Å². The van der Waals surface area contributed by atoms with E-state index < -0.39 is 27.4 Å². The minimum Gasteiger partial charge on any atom is -0.460 e. The average Bonchev–Trinajstić information content (AvgIpc) is 3.26. The minimum absolute atomic E-state index is 0.160. The fraction of sp³-hybridized carbons (Fsp3) is 0.391. The van der Waals surface area contributed by atoms with Gasteiger partial charge >= 0.3 is 5.63 Å². The van der Waals surface area contributed by atoms with Crippen molar-refractivity contribution in [2.75, 3.05) is 5.75 Å². The standard InChI is InChI=1S/C23H23NO6S/c1-12-16-9-18-15-5-3-4-6-19(15)29-22(18)13(2)21(16)30-23(26)17(12)10-20(25)24-14-7-8-31(27,28)11-14/h7-9,14H,3-6,10-11H2,1-2H3,(H,24,25)/t14-/m0/s1.